The molecule has 0 unspecified atom stereocenters. The number of likely N-dealkylation sites (tertiary alicyclic amines) is 1. The Bertz CT molecular complexity index is 970. The Hall–Kier alpha value is -2.44. The van der Waals surface area contributed by atoms with Gasteiger partial charge in [0.05, 0.1) is 17.2 Å². The molecule has 2 fully saturated rings. The van der Waals surface area contributed by atoms with Gasteiger partial charge in [-0.05, 0) is 45.1 Å². The third kappa shape index (κ3) is 4.60. The quantitative estimate of drug-likeness (QED) is 0.724. The van der Waals surface area contributed by atoms with Crippen LogP contribution < -0.4 is 4.90 Å². The Morgan fingerprint density at radius 3 is 2.55 bits per heavy atom. The first-order valence-electron chi connectivity index (χ1n) is 10.6. The number of benzene rings is 1. The van der Waals surface area contributed by atoms with Gasteiger partial charge in [0.2, 0.25) is 0 Å². The summed E-state index contributed by atoms with van der Waals surface area (Å²) in [5.41, 5.74) is 1.90. The zero-order valence-corrected chi connectivity index (χ0v) is 17.8. The van der Waals surface area contributed by atoms with Gasteiger partial charge >= 0.3 is 6.18 Å². The number of alkyl halides is 3. The van der Waals surface area contributed by atoms with Gasteiger partial charge in [0.15, 0.2) is 0 Å². The van der Waals surface area contributed by atoms with Crippen LogP contribution in [0.3, 0.4) is 0 Å². The van der Waals surface area contributed by atoms with Crippen molar-refractivity contribution in [3.05, 3.63) is 30.1 Å². The van der Waals surface area contributed by atoms with E-state index in [9.17, 15) is 18.4 Å². The Morgan fingerprint density at radius 2 is 1.87 bits per heavy atom. The predicted octanol–water partition coefficient (Wildman–Crippen LogP) is 3.00. The number of anilines is 1. The van der Waals surface area contributed by atoms with Crippen molar-refractivity contribution in [3.8, 4) is 6.07 Å². The van der Waals surface area contributed by atoms with Crippen LogP contribution in [-0.2, 0) is 0 Å². The highest BCUT2D eigenvalue weighted by atomic mass is 19.4. The van der Waals surface area contributed by atoms with Gasteiger partial charge in [-0.2, -0.15) is 18.4 Å². The van der Waals surface area contributed by atoms with Gasteiger partial charge in [-0.25, -0.2) is 0 Å². The number of hydrogen-bond acceptors (Lipinski definition) is 6. The van der Waals surface area contributed by atoms with Gasteiger partial charge < -0.3 is 14.7 Å². The smallest absolute Gasteiger partial charge is 0.369 e. The van der Waals surface area contributed by atoms with E-state index in [0.717, 1.165) is 26.1 Å². The van der Waals surface area contributed by atoms with E-state index >= 15 is 0 Å². The minimum Gasteiger partial charge on any atom is -0.369 e. The molecule has 2 saturated heterocycles. The van der Waals surface area contributed by atoms with Crippen LogP contribution in [0.2, 0.25) is 0 Å². The second-order valence-electron chi connectivity index (χ2n) is 8.99. The Balaban J connectivity index is 1.56. The van der Waals surface area contributed by atoms with Crippen LogP contribution >= 0.6 is 0 Å². The average Bonchev–Trinajstić information content (AvgIpc) is 3.33. The molecular formula is C22H27F3N6. The van der Waals surface area contributed by atoms with E-state index in [4.69, 9.17) is 0 Å². The number of hydrogen-bond donors (Lipinski definition) is 0. The van der Waals surface area contributed by atoms with Crippen molar-refractivity contribution in [2.24, 2.45) is 17.8 Å². The van der Waals surface area contributed by atoms with Crippen LogP contribution in [0.25, 0.3) is 11.0 Å². The van der Waals surface area contributed by atoms with Crippen molar-refractivity contribution in [3.63, 3.8) is 0 Å². The van der Waals surface area contributed by atoms with Crippen LogP contribution in [0.5, 0.6) is 0 Å². The van der Waals surface area contributed by atoms with Gasteiger partial charge in [-0.15, -0.1) is 0 Å². The van der Waals surface area contributed by atoms with Gasteiger partial charge in [-0.1, -0.05) is 0 Å². The number of nitrogens with zero attached hydrogens (tertiary/aromatic N) is 6. The predicted molar refractivity (Wildman–Crippen MR) is 113 cm³/mol. The third-order valence-electron chi connectivity index (χ3n) is 6.41. The molecule has 2 aliphatic rings. The molecule has 166 valence electrons. The number of rotatable bonds is 5. The Kier molecular flexibility index (Phi) is 6.04. The minimum absolute atomic E-state index is 0.0965. The fourth-order valence-corrected chi connectivity index (χ4v) is 5.09. The summed E-state index contributed by atoms with van der Waals surface area (Å²) in [6, 6.07) is 5.41. The SMILES string of the molecule is CN(C)C[C@@H]1CCN(C[C@H]2CN(c3ccc(C#N)c4nccnc34)C[C@@H]2C(F)(F)F)C1. The fourth-order valence-electron chi connectivity index (χ4n) is 5.09. The maximum absolute atomic E-state index is 13.9. The van der Waals surface area contributed by atoms with Crippen LogP contribution in [0.4, 0.5) is 18.9 Å². The summed E-state index contributed by atoms with van der Waals surface area (Å²) in [7, 11) is 4.06. The molecular weight excluding hydrogens is 405 g/mol. The largest absolute Gasteiger partial charge is 0.393 e. The lowest BCUT2D eigenvalue weighted by Gasteiger charge is -2.26. The minimum atomic E-state index is -4.25. The Labute approximate surface area is 180 Å². The van der Waals surface area contributed by atoms with Crippen LogP contribution in [0.15, 0.2) is 24.5 Å². The number of aromatic nitrogens is 2. The van der Waals surface area contributed by atoms with Gasteiger partial charge in [0.1, 0.15) is 17.1 Å². The molecule has 1 aromatic heterocycles. The third-order valence-corrected chi connectivity index (χ3v) is 6.41. The van der Waals surface area contributed by atoms with Crippen LogP contribution in [-0.4, -0.2) is 79.3 Å². The van der Waals surface area contributed by atoms with E-state index in [-0.39, 0.29) is 6.54 Å². The molecule has 3 atom stereocenters. The standard InChI is InChI=1S/C22H27F3N6/c1-29(2)10-15-5-8-30(11-15)12-17-13-31(14-18(17)22(23,24)25)19-4-3-16(9-26)20-21(19)28-7-6-27-20/h3-4,6-7,15,17-18H,5,8,10-14H2,1-2H3/t15-,17-,18-/m0/s1. The van der Waals surface area contributed by atoms with Crippen molar-refractivity contribution in [2.75, 3.05) is 58.3 Å². The van der Waals surface area contributed by atoms with E-state index in [0.29, 0.717) is 41.3 Å². The number of halogens is 3. The van der Waals surface area contributed by atoms with Gasteiger partial charge in [-0.3, -0.25) is 9.97 Å². The van der Waals surface area contributed by atoms with Crippen LogP contribution in [0, 0.1) is 29.1 Å². The van der Waals surface area contributed by atoms with E-state index in [2.05, 4.69) is 25.8 Å². The highest BCUT2D eigenvalue weighted by Gasteiger charge is 2.50. The lowest BCUT2D eigenvalue weighted by molar-refractivity contribution is -0.180. The van der Waals surface area contributed by atoms with Crippen molar-refractivity contribution in [1.82, 2.24) is 19.8 Å². The van der Waals surface area contributed by atoms with E-state index in [1.807, 2.05) is 14.1 Å². The van der Waals surface area contributed by atoms with Crippen molar-refractivity contribution in [2.45, 2.75) is 12.6 Å². The summed E-state index contributed by atoms with van der Waals surface area (Å²) >= 11 is 0. The molecule has 0 bridgehead atoms. The van der Waals surface area contributed by atoms with Gasteiger partial charge in [0.25, 0.3) is 0 Å². The second kappa shape index (κ2) is 8.60. The normalized spacial score (nSPS) is 24.9. The maximum atomic E-state index is 13.9. The molecule has 2 aliphatic heterocycles. The summed E-state index contributed by atoms with van der Waals surface area (Å²) in [5, 5.41) is 9.33. The highest BCUT2D eigenvalue weighted by molar-refractivity contribution is 5.92. The lowest BCUT2D eigenvalue weighted by atomic mass is 9.95. The molecule has 2 aromatic rings. The molecule has 31 heavy (non-hydrogen) atoms. The van der Waals surface area contributed by atoms with E-state index in [1.54, 1.807) is 17.0 Å². The zero-order valence-electron chi connectivity index (χ0n) is 17.8. The Morgan fingerprint density at radius 1 is 1.13 bits per heavy atom. The fraction of sp³-hybridized carbons (Fsp3) is 0.591. The first-order chi connectivity index (χ1) is 14.8. The lowest BCUT2D eigenvalue weighted by Crippen LogP contribution is -2.37. The molecule has 6 nitrogen and oxygen atoms in total. The number of nitriles is 1. The molecule has 9 heteroatoms. The topological polar surface area (TPSA) is 59.3 Å². The summed E-state index contributed by atoms with van der Waals surface area (Å²) in [6.45, 7) is 3.34. The van der Waals surface area contributed by atoms with Crippen LogP contribution in [0.1, 0.15) is 12.0 Å². The summed E-state index contributed by atoms with van der Waals surface area (Å²) < 4.78 is 41.8. The maximum Gasteiger partial charge on any atom is 0.393 e. The monoisotopic (exact) mass is 432 g/mol. The molecule has 1 aromatic carbocycles. The molecule has 0 saturated carbocycles. The summed E-state index contributed by atoms with van der Waals surface area (Å²) in [6.07, 6.45) is -0.218. The van der Waals surface area contributed by atoms with Gasteiger partial charge in [0, 0.05) is 51.0 Å². The number of fused-ring (bicyclic) bond motifs is 1. The van der Waals surface area contributed by atoms with E-state index in [1.165, 1.54) is 12.4 Å². The van der Waals surface area contributed by atoms with Crippen molar-refractivity contribution in [1.29, 1.82) is 5.26 Å². The van der Waals surface area contributed by atoms with Crippen molar-refractivity contribution < 1.29 is 13.2 Å². The summed E-state index contributed by atoms with van der Waals surface area (Å²) in [4.78, 5) is 14.7. The van der Waals surface area contributed by atoms with Crippen molar-refractivity contribution >= 4 is 16.7 Å². The molecule has 0 amide bonds. The first kappa shape index (κ1) is 21.8. The highest BCUT2D eigenvalue weighted by Crippen LogP contribution is 2.41. The van der Waals surface area contributed by atoms with E-state index < -0.39 is 18.0 Å². The second-order valence-corrected chi connectivity index (χ2v) is 8.99. The first-order valence-corrected chi connectivity index (χ1v) is 10.6. The zero-order chi connectivity index (χ0) is 22.2. The molecule has 4 rings (SSSR count). The molecule has 0 radical (unpaired) electrons. The molecule has 0 aliphatic carbocycles. The average molecular weight is 432 g/mol. The molecule has 0 spiro atoms. The molecule has 3 heterocycles. The molecule has 0 N–H and O–H groups in total. The summed E-state index contributed by atoms with van der Waals surface area (Å²) in [5.74, 6) is -1.38.